The van der Waals surface area contributed by atoms with Crippen LogP contribution < -0.4 is 10.1 Å². The van der Waals surface area contributed by atoms with Crippen molar-refractivity contribution in [2.24, 2.45) is 0 Å². The highest BCUT2D eigenvalue weighted by molar-refractivity contribution is 6.30. The van der Waals surface area contributed by atoms with Gasteiger partial charge in [-0.05, 0) is 48.0 Å². The van der Waals surface area contributed by atoms with Crippen LogP contribution in [0.15, 0.2) is 72.8 Å². The molecule has 4 rings (SSSR count). The van der Waals surface area contributed by atoms with Gasteiger partial charge in [-0.15, -0.1) is 0 Å². The van der Waals surface area contributed by atoms with E-state index in [0.717, 1.165) is 0 Å². The summed E-state index contributed by atoms with van der Waals surface area (Å²) in [5.74, 6) is -1.42. The number of carbonyl (C=O) groups is 2. The third-order valence-electron chi connectivity index (χ3n) is 5.18. The number of fused-ring (bicyclic) bond motifs is 1. The third-order valence-corrected chi connectivity index (χ3v) is 5.42. The Balaban J connectivity index is 1.69. The number of aromatic nitrogens is 1. The topological polar surface area (TPSA) is 133 Å². The van der Waals surface area contributed by atoms with Crippen molar-refractivity contribution in [3.8, 4) is 23.3 Å². The summed E-state index contributed by atoms with van der Waals surface area (Å²) in [7, 11) is 0. The number of aromatic hydroxyl groups is 1. The van der Waals surface area contributed by atoms with Gasteiger partial charge < -0.3 is 20.3 Å². The number of hydrogen-bond acceptors (Lipinski definition) is 6. The fraction of sp³-hybridized carbons (Fsp3) is 0.0769. The zero-order chi connectivity index (χ0) is 24.9. The lowest BCUT2D eigenvalue weighted by molar-refractivity contribution is -0.137. The minimum Gasteiger partial charge on any atom is -0.505 e. The fourth-order valence-electron chi connectivity index (χ4n) is 3.59. The van der Waals surface area contributed by atoms with Gasteiger partial charge >= 0.3 is 5.97 Å². The molecule has 0 aliphatic carbocycles. The number of rotatable bonds is 7. The molecule has 0 spiro atoms. The first-order valence-corrected chi connectivity index (χ1v) is 10.8. The summed E-state index contributed by atoms with van der Waals surface area (Å²) in [6, 6.07) is 21.1. The van der Waals surface area contributed by atoms with E-state index in [9.17, 15) is 25.1 Å². The molecule has 35 heavy (non-hydrogen) atoms. The van der Waals surface area contributed by atoms with Crippen molar-refractivity contribution in [2.75, 3.05) is 0 Å². The van der Waals surface area contributed by atoms with E-state index in [4.69, 9.17) is 16.3 Å². The van der Waals surface area contributed by atoms with Crippen molar-refractivity contribution in [1.82, 2.24) is 10.3 Å². The van der Waals surface area contributed by atoms with E-state index in [1.807, 2.05) is 24.3 Å². The predicted octanol–water partition coefficient (Wildman–Crippen LogP) is 5.20. The number of pyridine rings is 1. The number of carboxylic acid groups (broad SMARTS) is 1. The monoisotopic (exact) mass is 487 g/mol. The summed E-state index contributed by atoms with van der Waals surface area (Å²) in [6.07, 6.45) is -0.425. The first-order valence-electron chi connectivity index (χ1n) is 10.4. The van der Waals surface area contributed by atoms with E-state index >= 15 is 0 Å². The molecule has 8 nitrogen and oxygen atoms in total. The van der Waals surface area contributed by atoms with Crippen LogP contribution in [0.5, 0.6) is 17.2 Å². The number of ether oxygens (including phenoxy) is 1. The lowest BCUT2D eigenvalue weighted by Crippen LogP contribution is -2.31. The molecule has 0 bridgehead atoms. The maximum atomic E-state index is 13.0. The molecule has 0 radical (unpaired) electrons. The van der Waals surface area contributed by atoms with Gasteiger partial charge in [0.05, 0.1) is 12.5 Å². The molecule has 3 N–H and O–H groups in total. The van der Waals surface area contributed by atoms with Crippen molar-refractivity contribution in [2.45, 2.75) is 12.5 Å². The van der Waals surface area contributed by atoms with Crippen molar-refractivity contribution in [3.63, 3.8) is 0 Å². The zero-order valence-electron chi connectivity index (χ0n) is 18.1. The van der Waals surface area contributed by atoms with Gasteiger partial charge in [0, 0.05) is 15.8 Å². The molecule has 1 aromatic heterocycles. The Kier molecular flexibility index (Phi) is 6.81. The van der Waals surface area contributed by atoms with Crippen LogP contribution in [0.1, 0.15) is 34.2 Å². The van der Waals surface area contributed by atoms with Crippen molar-refractivity contribution < 1.29 is 24.5 Å². The molecule has 3 aromatic carbocycles. The van der Waals surface area contributed by atoms with Gasteiger partial charge in [0.2, 0.25) is 0 Å². The average molecular weight is 488 g/mol. The second-order valence-electron chi connectivity index (χ2n) is 7.57. The molecule has 0 aliphatic rings. The van der Waals surface area contributed by atoms with Gasteiger partial charge in [0.1, 0.15) is 23.3 Å². The highest BCUT2D eigenvalue weighted by atomic mass is 35.5. The summed E-state index contributed by atoms with van der Waals surface area (Å²) < 4.78 is 5.79. The fourth-order valence-corrected chi connectivity index (χ4v) is 3.79. The Morgan fingerprint density at radius 2 is 1.80 bits per heavy atom. The number of hydrogen-bond donors (Lipinski definition) is 3. The summed E-state index contributed by atoms with van der Waals surface area (Å²) >= 11 is 6.01. The van der Waals surface area contributed by atoms with Gasteiger partial charge in [-0.3, -0.25) is 9.59 Å². The largest absolute Gasteiger partial charge is 0.505 e. The lowest BCUT2D eigenvalue weighted by Gasteiger charge is -2.18. The number of carbonyl (C=O) groups excluding carboxylic acids is 1. The molecular weight excluding hydrogens is 470 g/mol. The summed E-state index contributed by atoms with van der Waals surface area (Å²) in [6.45, 7) is 0. The molecule has 1 atom stereocenters. The Morgan fingerprint density at radius 3 is 2.49 bits per heavy atom. The number of nitrogens with one attached hydrogen (secondary N) is 1. The van der Waals surface area contributed by atoms with Crippen LogP contribution in [0, 0.1) is 11.3 Å². The number of aliphatic carboxylic acids is 1. The molecule has 9 heteroatoms. The summed E-state index contributed by atoms with van der Waals surface area (Å²) in [5, 5.41) is 33.3. The van der Waals surface area contributed by atoms with E-state index in [0.29, 0.717) is 27.5 Å². The van der Waals surface area contributed by atoms with Crippen molar-refractivity contribution >= 4 is 34.2 Å². The summed E-state index contributed by atoms with van der Waals surface area (Å²) in [5.41, 5.74) is -0.0288. The standard InChI is InChI=1S/C26H18ClN3O5/c27-16-6-4-5-15(11-16)21(13-23(31)32)30-26(34)24-25(33)19-10-9-18(12-20(19)22(14-28)29-24)35-17-7-2-1-3-8-17/h1-12,21,33H,13H2,(H,30,34)(H,31,32). The predicted molar refractivity (Wildman–Crippen MR) is 129 cm³/mol. The number of nitrogens with zero attached hydrogens (tertiary/aromatic N) is 2. The molecule has 0 saturated heterocycles. The minimum absolute atomic E-state index is 0.0981. The number of nitriles is 1. The third kappa shape index (κ3) is 5.32. The molecule has 1 unspecified atom stereocenters. The van der Waals surface area contributed by atoms with Crippen LogP contribution in [-0.4, -0.2) is 27.1 Å². The first-order chi connectivity index (χ1) is 16.9. The van der Waals surface area contributed by atoms with Crippen molar-refractivity contribution in [3.05, 3.63) is 94.8 Å². The average Bonchev–Trinajstić information content (AvgIpc) is 2.84. The van der Waals surface area contributed by atoms with Gasteiger partial charge in [-0.1, -0.05) is 41.9 Å². The second kappa shape index (κ2) is 10.1. The number of para-hydroxylation sites is 1. The molecule has 1 amide bonds. The Morgan fingerprint density at radius 1 is 1.03 bits per heavy atom. The molecule has 0 aliphatic heterocycles. The molecule has 1 heterocycles. The highest BCUT2D eigenvalue weighted by Crippen LogP contribution is 2.34. The Bertz CT molecular complexity index is 1470. The zero-order valence-corrected chi connectivity index (χ0v) is 18.9. The van der Waals surface area contributed by atoms with Gasteiger partial charge in [-0.25, -0.2) is 4.98 Å². The number of amides is 1. The van der Waals surface area contributed by atoms with E-state index in [1.165, 1.54) is 12.1 Å². The van der Waals surface area contributed by atoms with Gasteiger partial charge in [-0.2, -0.15) is 5.26 Å². The van der Waals surface area contributed by atoms with Crippen LogP contribution in [-0.2, 0) is 4.79 Å². The Hall–Kier alpha value is -4.61. The highest BCUT2D eigenvalue weighted by Gasteiger charge is 2.24. The SMILES string of the molecule is N#Cc1nc(C(=O)NC(CC(=O)O)c2cccc(Cl)c2)c(O)c2ccc(Oc3ccccc3)cc12. The van der Waals surface area contributed by atoms with E-state index < -0.39 is 35.8 Å². The van der Waals surface area contributed by atoms with E-state index in [1.54, 1.807) is 42.5 Å². The second-order valence-corrected chi connectivity index (χ2v) is 8.01. The van der Waals surface area contributed by atoms with E-state index in [2.05, 4.69) is 10.3 Å². The molecule has 0 fully saturated rings. The Labute approximate surface area is 205 Å². The van der Waals surface area contributed by atoms with Crippen LogP contribution in [0.25, 0.3) is 10.8 Å². The number of carboxylic acids is 1. The minimum atomic E-state index is -1.14. The normalized spacial score (nSPS) is 11.4. The molecule has 174 valence electrons. The van der Waals surface area contributed by atoms with Crippen LogP contribution in [0.4, 0.5) is 0 Å². The quantitative estimate of drug-likeness (QED) is 0.326. The van der Waals surface area contributed by atoms with Crippen LogP contribution in [0.2, 0.25) is 5.02 Å². The molecular formula is C26H18ClN3O5. The smallest absolute Gasteiger partial charge is 0.305 e. The number of halogens is 1. The van der Waals surface area contributed by atoms with E-state index in [-0.39, 0.29) is 11.1 Å². The molecule has 0 saturated carbocycles. The lowest BCUT2D eigenvalue weighted by atomic mass is 10.0. The maximum Gasteiger partial charge on any atom is 0.305 e. The molecule has 4 aromatic rings. The van der Waals surface area contributed by atoms with Crippen LogP contribution >= 0.6 is 11.6 Å². The first kappa shape index (κ1) is 23.5. The van der Waals surface area contributed by atoms with Gasteiger partial charge in [0.15, 0.2) is 11.4 Å². The van der Waals surface area contributed by atoms with Crippen LogP contribution in [0.3, 0.4) is 0 Å². The van der Waals surface area contributed by atoms with Crippen molar-refractivity contribution in [1.29, 1.82) is 5.26 Å². The maximum absolute atomic E-state index is 13.0. The number of benzene rings is 3. The van der Waals surface area contributed by atoms with Gasteiger partial charge in [0.25, 0.3) is 5.91 Å². The summed E-state index contributed by atoms with van der Waals surface area (Å²) in [4.78, 5) is 28.5.